The van der Waals surface area contributed by atoms with E-state index < -0.39 is 0 Å². The molecule has 1 aliphatic heterocycles. The van der Waals surface area contributed by atoms with Crippen LogP contribution in [0.25, 0.3) is 0 Å². The average Bonchev–Trinajstić information content (AvgIpc) is 3.31. The summed E-state index contributed by atoms with van der Waals surface area (Å²) in [5.74, 6) is 0.856. The van der Waals surface area contributed by atoms with Crippen LogP contribution in [0.3, 0.4) is 0 Å². The summed E-state index contributed by atoms with van der Waals surface area (Å²) in [6, 6.07) is 2.11. The first-order valence-electron chi connectivity index (χ1n) is 8.34. The van der Waals surface area contributed by atoms with E-state index in [-0.39, 0.29) is 11.8 Å². The minimum Gasteiger partial charge on any atom is -0.355 e. The molecule has 0 fully saturated rings. The zero-order valence-corrected chi connectivity index (χ0v) is 17.7. The topological polar surface area (TPSA) is 75.2 Å². The summed E-state index contributed by atoms with van der Waals surface area (Å²) in [7, 11) is 0. The average molecular weight is 429 g/mol. The summed E-state index contributed by atoms with van der Waals surface area (Å²) >= 11 is 6.00. The van der Waals surface area contributed by atoms with Crippen molar-refractivity contribution in [2.75, 3.05) is 24.6 Å². The van der Waals surface area contributed by atoms with E-state index in [4.69, 9.17) is 0 Å². The molecule has 0 spiro atoms. The van der Waals surface area contributed by atoms with Crippen LogP contribution >= 0.6 is 46.2 Å². The van der Waals surface area contributed by atoms with Crippen molar-refractivity contribution in [2.45, 2.75) is 35.0 Å². The maximum absolute atomic E-state index is 12.4. The first kappa shape index (κ1) is 19.7. The Hall–Kier alpha value is -1.10. The van der Waals surface area contributed by atoms with Gasteiger partial charge in [0, 0.05) is 24.5 Å². The molecular weight excluding hydrogens is 408 g/mol. The SMILES string of the molecule is CCCNC(=O)CSc1nnc(SCC(=O)N2CCc3sccc3C2)s1. The van der Waals surface area contributed by atoms with Gasteiger partial charge in [-0.2, -0.15) is 0 Å². The van der Waals surface area contributed by atoms with Gasteiger partial charge in [0.05, 0.1) is 11.5 Å². The third kappa shape index (κ3) is 5.45. The summed E-state index contributed by atoms with van der Waals surface area (Å²) in [5.41, 5.74) is 1.27. The molecular formula is C16H20N4O2S4. The Morgan fingerprint density at radius 1 is 1.27 bits per heavy atom. The molecule has 0 aromatic carbocycles. The lowest BCUT2D eigenvalue weighted by atomic mass is 10.1. The molecule has 0 unspecified atom stereocenters. The molecule has 0 saturated heterocycles. The fourth-order valence-corrected chi connectivity index (χ4v) is 6.08. The number of thioether (sulfide) groups is 2. The van der Waals surface area contributed by atoms with E-state index in [1.54, 1.807) is 11.3 Å². The molecule has 0 radical (unpaired) electrons. The number of hydrogen-bond acceptors (Lipinski definition) is 8. The number of rotatable bonds is 8. The Morgan fingerprint density at radius 3 is 2.81 bits per heavy atom. The number of amides is 2. The van der Waals surface area contributed by atoms with Crippen molar-refractivity contribution >= 4 is 58.0 Å². The first-order chi connectivity index (χ1) is 12.7. The zero-order chi connectivity index (χ0) is 18.4. The van der Waals surface area contributed by atoms with Crippen LogP contribution in [0.15, 0.2) is 20.1 Å². The van der Waals surface area contributed by atoms with Gasteiger partial charge in [0.1, 0.15) is 0 Å². The van der Waals surface area contributed by atoms with Gasteiger partial charge in [0.2, 0.25) is 11.8 Å². The van der Waals surface area contributed by atoms with Crippen LogP contribution in [0.5, 0.6) is 0 Å². The van der Waals surface area contributed by atoms with Crippen molar-refractivity contribution in [3.63, 3.8) is 0 Å². The summed E-state index contributed by atoms with van der Waals surface area (Å²) in [6.07, 6.45) is 1.87. The largest absolute Gasteiger partial charge is 0.355 e. The second kappa shape index (κ2) is 9.72. The number of carbonyl (C=O) groups excluding carboxylic acids is 2. The lowest BCUT2D eigenvalue weighted by Gasteiger charge is -2.26. The van der Waals surface area contributed by atoms with Gasteiger partial charge in [-0.3, -0.25) is 9.59 Å². The molecule has 1 aliphatic rings. The molecule has 0 aliphatic carbocycles. The highest BCUT2D eigenvalue weighted by molar-refractivity contribution is 8.03. The Morgan fingerprint density at radius 2 is 2.04 bits per heavy atom. The second-order valence-corrected chi connectivity index (χ2v) is 10.1. The number of fused-ring (bicyclic) bond motifs is 1. The molecule has 1 N–H and O–H groups in total. The highest BCUT2D eigenvalue weighted by Gasteiger charge is 2.21. The second-order valence-electron chi connectivity index (χ2n) is 5.70. The van der Waals surface area contributed by atoms with Gasteiger partial charge in [0.15, 0.2) is 8.68 Å². The van der Waals surface area contributed by atoms with Crippen LogP contribution in [0.2, 0.25) is 0 Å². The van der Waals surface area contributed by atoms with Crippen molar-refractivity contribution in [3.05, 3.63) is 21.9 Å². The van der Waals surface area contributed by atoms with Gasteiger partial charge >= 0.3 is 0 Å². The van der Waals surface area contributed by atoms with Gasteiger partial charge in [-0.15, -0.1) is 21.5 Å². The monoisotopic (exact) mass is 428 g/mol. The molecule has 140 valence electrons. The van der Waals surface area contributed by atoms with Crippen LogP contribution in [0.4, 0.5) is 0 Å². The fraction of sp³-hybridized carbons (Fsp3) is 0.500. The van der Waals surface area contributed by atoms with Crippen molar-refractivity contribution in [1.29, 1.82) is 0 Å². The van der Waals surface area contributed by atoms with Crippen LogP contribution in [0.1, 0.15) is 23.8 Å². The van der Waals surface area contributed by atoms with Gasteiger partial charge in [-0.25, -0.2) is 0 Å². The number of carbonyl (C=O) groups is 2. The molecule has 10 heteroatoms. The summed E-state index contributed by atoms with van der Waals surface area (Å²) in [4.78, 5) is 27.4. The maximum atomic E-state index is 12.4. The molecule has 2 amide bonds. The third-order valence-corrected chi connectivity index (χ3v) is 7.96. The predicted molar refractivity (Wildman–Crippen MR) is 108 cm³/mol. The van der Waals surface area contributed by atoms with Crippen molar-refractivity contribution in [2.24, 2.45) is 0 Å². The Kier molecular flexibility index (Phi) is 7.35. The number of aromatic nitrogens is 2. The number of nitrogens with zero attached hydrogens (tertiary/aromatic N) is 3. The normalized spacial score (nSPS) is 13.5. The number of thiophene rings is 1. The fourth-order valence-electron chi connectivity index (χ4n) is 2.43. The summed E-state index contributed by atoms with van der Waals surface area (Å²) < 4.78 is 1.52. The van der Waals surface area contributed by atoms with Gasteiger partial charge in [-0.1, -0.05) is 41.8 Å². The van der Waals surface area contributed by atoms with Crippen LogP contribution in [-0.4, -0.2) is 51.5 Å². The van der Waals surface area contributed by atoms with E-state index in [1.165, 1.54) is 45.3 Å². The Balaban J connectivity index is 1.42. The van der Waals surface area contributed by atoms with Crippen LogP contribution in [0, 0.1) is 0 Å². The lowest BCUT2D eigenvalue weighted by Crippen LogP contribution is -2.36. The molecule has 3 rings (SSSR count). The van der Waals surface area contributed by atoms with Gasteiger partial charge in [-0.05, 0) is 29.9 Å². The summed E-state index contributed by atoms with van der Waals surface area (Å²) in [6.45, 7) is 4.22. The third-order valence-electron chi connectivity index (χ3n) is 3.77. The standard InChI is InChI=1S/C16H20N4O2S4/c1-2-5-17-13(21)9-24-15-18-19-16(26-15)25-10-14(22)20-6-3-12-11(8-20)4-7-23-12/h4,7H,2-3,5-6,8-10H2,1H3,(H,17,21). The lowest BCUT2D eigenvalue weighted by molar-refractivity contribution is -0.129. The number of hydrogen-bond donors (Lipinski definition) is 1. The van der Waals surface area contributed by atoms with E-state index in [0.29, 0.717) is 24.6 Å². The van der Waals surface area contributed by atoms with Crippen molar-refractivity contribution in [1.82, 2.24) is 20.4 Å². The van der Waals surface area contributed by atoms with Gasteiger partial charge in [0.25, 0.3) is 0 Å². The van der Waals surface area contributed by atoms with E-state index in [2.05, 4.69) is 27.0 Å². The van der Waals surface area contributed by atoms with E-state index in [0.717, 1.165) is 28.1 Å². The summed E-state index contributed by atoms with van der Waals surface area (Å²) in [5, 5.41) is 13.1. The minimum atomic E-state index is 0.00864. The quantitative estimate of drug-likeness (QED) is 0.652. The number of nitrogens with one attached hydrogen (secondary N) is 1. The molecule has 2 aromatic heterocycles. The molecule has 6 nitrogen and oxygen atoms in total. The highest BCUT2D eigenvalue weighted by atomic mass is 32.2. The molecule has 0 saturated carbocycles. The van der Waals surface area contributed by atoms with Crippen molar-refractivity contribution < 1.29 is 9.59 Å². The van der Waals surface area contributed by atoms with E-state index >= 15 is 0 Å². The Bertz CT molecular complexity index is 761. The molecule has 3 heterocycles. The first-order valence-corrected chi connectivity index (χ1v) is 12.0. The van der Waals surface area contributed by atoms with Gasteiger partial charge < -0.3 is 10.2 Å². The smallest absolute Gasteiger partial charge is 0.233 e. The molecule has 0 atom stereocenters. The predicted octanol–water partition coefficient (Wildman–Crippen LogP) is 2.89. The zero-order valence-electron chi connectivity index (χ0n) is 14.4. The van der Waals surface area contributed by atoms with Crippen molar-refractivity contribution in [3.8, 4) is 0 Å². The minimum absolute atomic E-state index is 0.00864. The maximum Gasteiger partial charge on any atom is 0.233 e. The molecule has 26 heavy (non-hydrogen) atoms. The molecule has 2 aromatic rings. The van der Waals surface area contributed by atoms with E-state index in [1.807, 2.05) is 11.8 Å². The Labute approximate surface area is 169 Å². The van der Waals surface area contributed by atoms with Crippen LogP contribution in [-0.2, 0) is 22.6 Å². The van der Waals surface area contributed by atoms with E-state index in [9.17, 15) is 9.59 Å². The van der Waals surface area contributed by atoms with Crippen LogP contribution < -0.4 is 5.32 Å². The highest BCUT2D eigenvalue weighted by Crippen LogP contribution is 2.29. The molecule has 0 bridgehead atoms.